The van der Waals surface area contributed by atoms with Crippen molar-refractivity contribution in [2.24, 2.45) is 5.11 Å². The van der Waals surface area contributed by atoms with E-state index < -0.39 is 11.5 Å². The first-order chi connectivity index (χ1) is 11.6. The molecule has 2 atom stereocenters. The van der Waals surface area contributed by atoms with E-state index in [0.29, 0.717) is 37.2 Å². The minimum absolute atomic E-state index is 0.00111. The summed E-state index contributed by atoms with van der Waals surface area (Å²) in [5, 5.41) is 14.2. The van der Waals surface area contributed by atoms with E-state index >= 15 is 0 Å². The van der Waals surface area contributed by atoms with Crippen LogP contribution in [0, 0.1) is 0 Å². The Bertz CT molecular complexity index is 727. The standard InChI is InChI=1S/C17H19N3O4/c1-2-6-17(15(21)3-4-16(17)22)12-9-14-13(23-10-24-14)8-11(12)5-7-19-20-18/h2,8-9,15,21H,1,3-7,10H2/t15-,17-/m0/s1. The van der Waals surface area contributed by atoms with Crippen LogP contribution in [0.1, 0.15) is 30.4 Å². The van der Waals surface area contributed by atoms with Crippen molar-refractivity contribution in [3.63, 3.8) is 0 Å². The Morgan fingerprint density at radius 3 is 2.83 bits per heavy atom. The lowest BCUT2D eigenvalue weighted by atomic mass is 9.71. The third kappa shape index (κ3) is 2.52. The highest BCUT2D eigenvalue weighted by Gasteiger charge is 2.51. The van der Waals surface area contributed by atoms with Gasteiger partial charge >= 0.3 is 0 Å². The Labute approximate surface area is 139 Å². The molecule has 1 N–H and O–H groups in total. The van der Waals surface area contributed by atoms with Gasteiger partial charge in [-0.05, 0) is 48.1 Å². The number of carbonyl (C=O) groups excluding carboxylic acids is 1. The van der Waals surface area contributed by atoms with Crippen molar-refractivity contribution in [1.29, 1.82) is 0 Å². The number of nitrogens with zero attached hydrogens (tertiary/aromatic N) is 3. The summed E-state index contributed by atoms with van der Waals surface area (Å²) in [5.41, 5.74) is 9.03. The molecule has 7 heteroatoms. The zero-order valence-electron chi connectivity index (χ0n) is 13.3. The summed E-state index contributed by atoms with van der Waals surface area (Å²) in [6.07, 6.45) is 2.45. The first kappa shape index (κ1) is 16.4. The number of benzene rings is 1. The second-order valence-corrected chi connectivity index (χ2v) is 6.01. The monoisotopic (exact) mass is 329 g/mol. The van der Waals surface area contributed by atoms with E-state index in [0.717, 1.165) is 11.1 Å². The van der Waals surface area contributed by atoms with Gasteiger partial charge in [-0.1, -0.05) is 11.2 Å². The normalized spacial score (nSPS) is 24.7. The molecule has 1 fully saturated rings. The van der Waals surface area contributed by atoms with Gasteiger partial charge in [0.15, 0.2) is 11.5 Å². The van der Waals surface area contributed by atoms with Crippen molar-refractivity contribution in [1.82, 2.24) is 0 Å². The van der Waals surface area contributed by atoms with Crippen molar-refractivity contribution in [3.8, 4) is 11.5 Å². The molecule has 0 amide bonds. The molecule has 7 nitrogen and oxygen atoms in total. The fourth-order valence-corrected chi connectivity index (χ4v) is 3.66. The van der Waals surface area contributed by atoms with E-state index in [1.807, 2.05) is 6.07 Å². The molecule has 0 aromatic heterocycles. The molecule has 126 valence electrons. The number of allylic oxidation sites excluding steroid dienone is 1. The molecule has 1 aliphatic carbocycles. The largest absolute Gasteiger partial charge is 0.454 e. The number of aliphatic hydroxyl groups is 1. The maximum atomic E-state index is 12.7. The molecule has 1 aromatic rings. The van der Waals surface area contributed by atoms with E-state index in [1.165, 1.54) is 0 Å². The van der Waals surface area contributed by atoms with Crippen LogP contribution in [-0.2, 0) is 16.6 Å². The Morgan fingerprint density at radius 2 is 2.21 bits per heavy atom. The number of aliphatic hydroxyl groups excluding tert-OH is 1. The summed E-state index contributed by atoms with van der Waals surface area (Å²) in [5.74, 6) is 1.16. The second kappa shape index (κ2) is 6.55. The molecular weight excluding hydrogens is 310 g/mol. The SMILES string of the molecule is C=CC[C@@]1(c2cc3c(cc2CCN=[N+]=[N-])OCO3)C(=O)CC[C@@H]1O. The van der Waals surface area contributed by atoms with Gasteiger partial charge in [0.2, 0.25) is 6.79 Å². The highest BCUT2D eigenvalue weighted by atomic mass is 16.7. The van der Waals surface area contributed by atoms with Crippen LogP contribution in [0.4, 0.5) is 0 Å². The summed E-state index contributed by atoms with van der Waals surface area (Å²) < 4.78 is 10.9. The first-order valence-corrected chi connectivity index (χ1v) is 7.89. The molecule has 1 heterocycles. The number of fused-ring (bicyclic) bond motifs is 1. The molecule has 0 saturated heterocycles. The Hall–Kier alpha value is -2.50. The van der Waals surface area contributed by atoms with E-state index in [2.05, 4.69) is 16.6 Å². The van der Waals surface area contributed by atoms with Crippen LogP contribution in [0.3, 0.4) is 0 Å². The molecule has 1 aromatic carbocycles. The number of Topliss-reactive ketones (excluding diaryl/α,β-unsaturated/α-hetero) is 1. The van der Waals surface area contributed by atoms with Crippen molar-refractivity contribution in [2.75, 3.05) is 13.3 Å². The van der Waals surface area contributed by atoms with Crippen LogP contribution in [-0.4, -0.2) is 30.3 Å². The zero-order valence-corrected chi connectivity index (χ0v) is 13.3. The van der Waals surface area contributed by atoms with Crippen molar-refractivity contribution >= 4 is 5.78 Å². The third-order valence-corrected chi connectivity index (χ3v) is 4.80. The number of hydrogen-bond acceptors (Lipinski definition) is 5. The smallest absolute Gasteiger partial charge is 0.231 e. The van der Waals surface area contributed by atoms with Gasteiger partial charge in [-0.15, -0.1) is 6.58 Å². The van der Waals surface area contributed by atoms with E-state index in [1.54, 1.807) is 12.1 Å². The third-order valence-electron chi connectivity index (χ3n) is 4.80. The predicted molar refractivity (Wildman–Crippen MR) is 87.0 cm³/mol. The fraction of sp³-hybridized carbons (Fsp3) is 0.471. The minimum Gasteiger partial charge on any atom is -0.454 e. The number of rotatable bonds is 6. The van der Waals surface area contributed by atoms with Gasteiger partial charge in [0.25, 0.3) is 0 Å². The quantitative estimate of drug-likeness (QED) is 0.375. The summed E-state index contributed by atoms with van der Waals surface area (Å²) in [4.78, 5) is 15.5. The summed E-state index contributed by atoms with van der Waals surface area (Å²) >= 11 is 0. The van der Waals surface area contributed by atoms with Gasteiger partial charge in [0.1, 0.15) is 5.78 Å². The van der Waals surface area contributed by atoms with Gasteiger partial charge in [-0.2, -0.15) is 0 Å². The van der Waals surface area contributed by atoms with E-state index in [9.17, 15) is 9.90 Å². The van der Waals surface area contributed by atoms with E-state index in [-0.39, 0.29) is 19.1 Å². The lowest BCUT2D eigenvalue weighted by Gasteiger charge is -2.33. The molecule has 3 rings (SSSR count). The summed E-state index contributed by atoms with van der Waals surface area (Å²) in [6, 6.07) is 3.59. The lowest BCUT2D eigenvalue weighted by Crippen LogP contribution is -2.41. The Morgan fingerprint density at radius 1 is 1.46 bits per heavy atom. The van der Waals surface area contributed by atoms with Crippen LogP contribution >= 0.6 is 0 Å². The lowest BCUT2D eigenvalue weighted by molar-refractivity contribution is -0.124. The highest BCUT2D eigenvalue weighted by Crippen LogP contribution is 2.47. The average Bonchev–Trinajstić information content (AvgIpc) is 3.14. The van der Waals surface area contributed by atoms with Gasteiger partial charge in [-0.3, -0.25) is 4.79 Å². The number of carbonyl (C=O) groups is 1. The minimum atomic E-state index is -1.02. The van der Waals surface area contributed by atoms with Crippen molar-refractivity contribution < 1.29 is 19.4 Å². The number of hydrogen-bond donors (Lipinski definition) is 1. The molecule has 0 spiro atoms. The average molecular weight is 329 g/mol. The Balaban J connectivity index is 2.14. The van der Waals surface area contributed by atoms with Gasteiger partial charge in [0.05, 0.1) is 11.5 Å². The van der Waals surface area contributed by atoms with Crippen LogP contribution in [0.2, 0.25) is 0 Å². The number of ketones is 1. The van der Waals surface area contributed by atoms with E-state index in [4.69, 9.17) is 15.0 Å². The topological polar surface area (TPSA) is 105 Å². The van der Waals surface area contributed by atoms with Crippen LogP contribution in [0.5, 0.6) is 11.5 Å². The number of azide groups is 1. The molecule has 24 heavy (non-hydrogen) atoms. The molecule has 0 unspecified atom stereocenters. The van der Waals surface area contributed by atoms with Gasteiger partial charge in [0, 0.05) is 17.9 Å². The molecule has 2 aliphatic rings. The summed E-state index contributed by atoms with van der Waals surface area (Å²) in [6.45, 7) is 4.14. The number of ether oxygens (including phenoxy) is 2. The molecular formula is C17H19N3O4. The predicted octanol–water partition coefficient (Wildman–Crippen LogP) is 2.81. The van der Waals surface area contributed by atoms with Crippen LogP contribution in [0.25, 0.3) is 10.4 Å². The maximum Gasteiger partial charge on any atom is 0.231 e. The highest BCUT2D eigenvalue weighted by molar-refractivity contribution is 5.94. The van der Waals surface area contributed by atoms with Crippen molar-refractivity contribution in [3.05, 3.63) is 46.4 Å². The molecule has 1 aliphatic heterocycles. The first-order valence-electron chi connectivity index (χ1n) is 7.89. The zero-order chi connectivity index (χ0) is 17.2. The van der Waals surface area contributed by atoms with Crippen molar-refractivity contribution in [2.45, 2.75) is 37.2 Å². The Kier molecular flexibility index (Phi) is 4.46. The van der Waals surface area contributed by atoms with Crippen LogP contribution < -0.4 is 9.47 Å². The summed E-state index contributed by atoms with van der Waals surface area (Å²) in [7, 11) is 0. The molecule has 1 saturated carbocycles. The van der Waals surface area contributed by atoms with Crippen LogP contribution in [0.15, 0.2) is 29.9 Å². The van der Waals surface area contributed by atoms with Gasteiger partial charge in [-0.25, -0.2) is 0 Å². The molecule has 0 radical (unpaired) electrons. The van der Waals surface area contributed by atoms with Gasteiger partial charge < -0.3 is 14.6 Å². The second-order valence-electron chi connectivity index (χ2n) is 6.01. The maximum absolute atomic E-state index is 12.7. The fourth-order valence-electron chi connectivity index (χ4n) is 3.66. The molecule has 0 bridgehead atoms.